The number of allylic oxidation sites excluding steroid dienone is 2. The average molecular weight is 499 g/mol. The SMILES string of the molecule is CC(=O)O[C@H]1CC[C@]2(C)[C@H]3CC[C@@]4(C)C(=CC[C@]5(C(=O)O)CCC(C)(C)C[C@@H]54)[C@@]3(C)CC[C@H]2C1(C)C. The highest BCUT2D eigenvalue weighted by Crippen LogP contribution is 2.75. The molecule has 0 bridgehead atoms. The summed E-state index contributed by atoms with van der Waals surface area (Å²) in [4.78, 5) is 24.7. The number of fused-ring (bicyclic) bond motifs is 7. The van der Waals surface area contributed by atoms with Crippen molar-refractivity contribution >= 4 is 11.9 Å². The third-order valence-electron chi connectivity index (χ3n) is 13.0. The van der Waals surface area contributed by atoms with E-state index >= 15 is 0 Å². The standard InChI is InChI=1S/C32H50O4/c1-20(33)36-25-12-15-29(6)21(28(25,4)5)9-13-30(7)22(29)10-14-31(8)23(30)11-16-32(26(34)35)18-17-27(2,3)19-24(31)32/h11,21-22,24-25H,9-10,12-19H2,1-8H3,(H,34,35)/t21-,22+,24+,25-,29-,30-,31-,32-/m0/s1. The minimum Gasteiger partial charge on any atom is -0.481 e. The van der Waals surface area contributed by atoms with Crippen LogP contribution in [0.5, 0.6) is 0 Å². The molecule has 0 spiro atoms. The van der Waals surface area contributed by atoms with E-state index in [9.17, 15) is 14.7 Å². The van der Waals surface area contributed by atoms with Crippen molar-refractivity contribution in [2.24, 2.45) is 50.2 Å². The summed E-state index contributed by atoms with van der Waals surface area (Å²) in [5.74, 6) is 0.616. The van der Waals surface area contributed by atoms with Crippen LogP contribution >= 0.6 is 0 Å². The summed E-state index contributed by atoms with van der Waals surface area (Å²) < 4.78 is 5.87. The van der Waals surface area contributed by atoms with E-state index in [4.69, 9.17) is 4.74 Å². The van der Waals surface area contributed by atoms with E-state index in [1.165, 1.54) is 6.42 Å². The second-order valence-electron chi connectivity index (χ2n) is 15.7. The van der Waals surface area contributed by atoms with Crippen LogP contribution in [0.25, 0.3) is 0 Å². The minimum absolute atomic E-state index is 0.000775. The molecule has 0 radical (unpaired) electrons. The lowest BCUT2D eigenvalue weighted by molar-refractivity contribution is -0.200. The fraction of sp³-hybridized carbons (Fsp3) is 0.875. The predicted octanol–water partition coefficient (Wildman–Crippen LogP) is 7.80. The molecule has 4 fully saturated rings. The second-order valence-corrected chi connectivity index (χ2v) is 15.7. The van der Waals surface area contributed by atoms with E-state index < -0.39 is 11.4 Å². The van der Waals surface area contributed by atoms with Gasteiger partial charge in [-0.3, -0.25) is 9.59 Å². The van der Waals surface area contributed by atoms with Crippen LogP contribution in [0, 0.1) is 50.2 Å². The van der Waals surface area contributed by atoms with Gasteiger partial charge in [-0.1, -0.05) is 60.1 Å². The molecule has 202 valence electrons. The number of carbonyl (C=O) groups excluding carboxylic acids is 1. The molecule has 1 N–H and O–H groups in total. The Balaban J connectivity index is 1.54. The van der Waals surface area contributed by atoms with Gasteiger partial charge in [0, 0.05) is 12.3 Å². The van der Waals surface area contributed by atoms with Gasteiger partial charge in [-0.15, -0.1) is 0 Å². The van der Waals surface area contributed by atoms with Crippen LogP contribution in [-0.2, 0) is 14.3 Å². The molecule has 0 aromatic rings. The number of hydrogen-bond donors (Lipinski definition) is 1. The Labute approximate surface area is 219 Å². The van der Waals surface area contributed by atoms with Crippen LogP contribution in [0.2, 0.25) is 0 Å². The molecular formula is C32H50O4. The number of rotatable bonds is 2. The molecule has 0 heterocycles. The molecular weight excluding hydrogens is 448 g/mol. The average Bonchev–Trinajstić information content (AvgIpc) is 2.75. The monoisotopic (exact) mass is 498 g/mol. The van der Waals surface area contributed by atoms with E-state index in [0.717, 1.165) is 51.4 Å². The van der Waals surface area contributed by atoms with Crippen LogP contribution in [0.1, 0.15) is 120 Å². The van der Waals surface area contributed by atoms with Gasteiger partial charge in [-0.25, -0.2) is 0 Å². The lowest BCUT2D eigenvalue weighted by Gasteiger charge is -2.70. The van der Waals surface area contributed by atoms with Gasteiger partial charge in [0.25, 0.3) is 0 Å². The normalized spacial score (nSPS) is 48.8. The fourth-order valence-corrected chi connectivity index (χ4v) is 11.3. The molecule has 0 saturated heterocycles. The number of aliphatic carboxylic acids is 1. The van der Waals surface area contributed by atoms with Crippen molar-refractivity contribution in [3.8, 4) is 0 Å². The molecule has 0 unspecified atom stereocenters. The molecule has 4 heteroatoms. The van der Waals surface area contributed by atoms with Gasteiger partial charge in [-0.2, -0.15) is 0 Å². The zero-order chi connectivity index (χ0) is 26.5. The Kier molecular flexibility index (Phi) is 5.74. The van der Waals surface area contributed by atoms with Gasteiger partial charge in [-0.05, 0) is 104 Å². The van der Waals surface area contributed by atoms with Crippen LogP contribution < -0.4 is 0 Å². The van der Waals surface area contributed by atoms with Gasteiger partial charge >= 0.3 is 11.9 Å². The maximum atomic E-state index is 12.9. The summed E-state index contributed by atoms with van der Waals surface area (Å²) in [6, 6.07) is 0. The molecule has 8 atom stereocenters. The van der Waals surface area contributed by atoms with Crippen LogP contribution in [-0.4, -0.2) is 23.1 Å². The Bertz CT molecular complexity index is 992. The first-order chi connectivity index (χ1) is 16.5. The summed E-state index contributed by atoms with van der Waals surface area (Å²) in [6.45, 7) is 18.4. The molecule has 5 aliphatic carbocycles. The number of carboxylic acid groups (broad SMARTS) is 1. The highest BCUT2D eigenvalue weighted by molar-refractivity contribution is 5.76. The molecule has 36 heavy (non-hydrogen) atoms. The maximum absolute atomic E-state index is 12.9. The lowest BCUT2D eigenvalue weighted by atomic mass is 9.34. The van der Waals surface area contributed by atoms with Crippen LogP contribution in [0.3, 0.4) is 0 Å². The molecule has 5 rings (SSSR count). The summed E-state index contributed by atoms with van der Waals surface area (Å²) >= 11 is 0. The number of hydrogen-bond acceptors (Lipinski definition) is 3. The van der Waals surface area contributed by atoms with E-state index in [2.05, 4.69) is 54.5 Å². The number of ether oxygens (including phenoxy) is 1. The van der Waals surface area contributed by atoms with Crippen molar-refractivity contribution in [2.45, 2.75) is 126 Å². The molecule has 0 aliphatic heterocycles. The van der Waals surface area contributed by atoms with Crippen molar-refractivity contribution in [1.29, 1.82) is 0 Å². The summed E-state index contributed by atoms with van der Waals surface area (Å²) in [5.41, 5.74) is 1.47. The van der Waals surface area contributed by atoms with E-state index in [0.29, 0.717) is 18.3 Å². The first kappa shape index (κ1) is 26.3. The number of esters is 1. The number of carboxylic acids is 1. The van der Waals surface area contributed by atoms with Gasteiger partial charge < -0.3 is 9.84 Å². The summed E-state index contributed by atoms with van der Waals surface area (Å²) in [5, 5.41) is 10.6. The number of carbonyl (C=O) groups is 2. The van der Waals surface area contributed by atoms with E-state index in [1.54, 1.807) is 12.5 Å². The molecule has 0 aromatic carbocycles. The molecule has 5 aliphatic rings. The first-order valence-electron chi connectivity index (χ1n) is 14.6. The first-order valence-corrected chi connectivity index (χ1v) is 14.6. The third kappa shape index (κ3) is 3.37. The third-order valence-corrected chi connectivity index (χ3v) is 13.0. The largest absolute Gasteiger partial charge is 0.481 e. The Morgan fingerprint density at radius 2 is 1.44 bits per heavy atom. The molecule has 4 nitrogen and oxygen atoms in total. The zero-order valence-corrected chi connectivity index (χ0v) is 24.1. The fourth-order valence-electron chi connectivity index (χ4n) is 11.3. The van der Waals surface area contributed by atoms with Crippen molar-refractivity contribution in [2.75, 3.05) is 0 Å². The van der Waals surface area contributed by atoms with Gasteiger partial charge in [0.15, 0.2) is 0 Å². The van der Waals surface area contributed by atoms with Crippen molar-refractivity contribution < 1.29 is 19.4 Å². The summed E-state index contributed by atoms with van der Waals surface area (Å²) in [6.07, 6.45) is 12.6. The van der Waals surface area contributed by atoms with Crippen LogP contribution in [0.4, 0.5) is 0 Å². The van der Waals surface area contributed by atoms with Gasteiger partial charge in [0.2, 0.25) is 0 Å². The molecule has 0 amide bonds. The maximum Gasteiger partial charge on any atom is 0.310 e. The highest BCUT2D eigenvalue weighted by atomic mass is 16.5. The highest BCUT2D eigenvalue weighted by Gasteiger charge is 2.68. The van der Waals surface area contributed by atoms with Crippen molar-refractivity contribution in [3.63, 3.8) is 0 Å². The molecule has 4 saturated carbocycles. The van der Waals surface area contributed by atoms with Gasteiger partial charge in [0.05, 0.1) is 5.41 Å². The Hall–Kier alpha value is -1.32. The Morgan fingerprint density at radius 3 is 2.06 bits per heavy atom. The minimum atomic E-state index is -0.595. The Morgan fingerprint density at radius 1 is 0.833 bits per heavy atom. The van der Waals surface area contributed by atoms with Gasteiger partial charge in [0.1, 0.15) is 6.10 Å². The molecule has 0 aromatic heterocycles. The van der Waals surface area contributed by atoms with Crippen molar-refractivity contribution in [3.05, 3.63) is 11.6 Å². The lowest BCUT2D eigenvalue weighted by Crippen LogP contribution is -2.64. The smallest absolute Gasteiger partial charge is 0.310 e. The zero-order valence-electron chi connectivity index (χ0n) is 24.1. The second kappa shape index (κ2) is 7.85. The summed E-state index contributed by atoms with van der Waals surface area (Å²) in [7, 11) is 0. The predicted molar refractivity (Wildman–Crippen MR) is 142 cm³/mol. The van der Waals surface area contributed by atoms with E-state index in [1.807, 2.05) is 0 Å². The van der Waals surface area contributed by atoms with E-state index in [-0.39, 0.29) is 45.1 Å². The topological polar surface area (TPSA) is 63.6 Å². The van der Waals surface area contributed by atoms with Crippen LogP contribution in [0.15, 0.2) is 11.6 Å². The van der Waals surface area contributed by atoms with Crippen molar-refractivity contribution in [1.82, 2.24) is 0 Å². The quantitative estimate of drug-likeness (QED) is 0.311.